The number of fused-ring (bicyclic) bond motifs is 1. The zero-order chi connectivity index (χ0) is 13.8. The number of ether oxygens (including phenoxy) is 1. The van der Waals surface area contributed by atoms with Crippen molar-refractivity contribution in [1.82, 2.24) is 4.90 Å². The standard InChI is InChI=1S/C18H21NO/c1-20-18-10-8-15(9-11-18)5-4-12-19-13-16-6-2-3-7-17(16)14-19/h2-3,6-11H,4-5,12-14H2,1H3. The molecule has 0 atom stereocenters. The van der Waals surface area contributed by atoms with Gasteiger partial charge in [0.1, 0.15) is 5.75 Å². The summed E-state index contributed by atoms with van der Waals surface area (Å²) in [4.78, 5) is 2.54. The first-order valence-corrected chi connectivity index (χ1v) is 7.27. The van der Waals surface area contributed by atoms with Gasteiger partial charge in [0.2, 0.25) is 0 Å². The topological polar surface area (TPSA) is 12.5 Å². The normalized spacial score (nSPS) is 14.2. The highest BCUT2D eigenvalue weighted by atomic mass is 16.5. The van der Waals surface area contributed by atoms with E-state index in [0.29, 0.717) is 0 Å². The molecule has 0 radical (unpaired) electrons. The average Bonchev–Trinajstić information content (AvgIpc) is 2.90. The largest absolute Gasteiger partial charge is 0.497 e. The van der Waals surface area contributed by atoms with Gasteiger partial charge >= 0.3 is 0 Å². The van der Waals surface area contributed by atoms with Gasteiger partial charge in [0, 0.05) is 13.1 Å². The maximum Gasteiger partial charge on any atom is 0.118 e. The van der Waals surface area contributed by atoms with Crippen molar-refractivity contribution in [1.29, 1.82) is 0 Å². The zero-order valence-corrected chi connectivity index (χ0v) is 12.0. The number of hydrogen-bond acceptors (Lipinski definition) is 2. The van der Waals surface area contributed by atoms with Crippen LogP contribution in [0.5, 0.6) is 5.75 Å². The minimum absolute atomic E-state index is 0.934. The maximum atomic E-state index is 5.18. The number of hydrogen-bond donors (Lipinski definition) is 0. The van der Waals surface area contributed by atoms with Gasteiger partial charge in [0.25, 0.3) is 0 Å². The molecule has 0 aliphatic carbocycles. The Balaban J connectivity index is 1.47. The summed E-state index contributed by atoms with van der Waals surface area (Å²) in [5, 5.41) is 0. The van der Waals surface area contributed by atoms with E-state index in [2.05, 4.69) is 41.3 Å². The van der Waals surface area contributed by atoms with Crippen LogP contribution >= 0.6 is 0 Å². The molecular formula is C18H21NO. The molecule has 0 saturated heterocycles. The van der Waals surface area contributed by atoms with Gasteiger partial charge in [-0.3, -0.25) is 4.90 Å². The molecule has 1 aliphatic rings. The second kappa shape index (κ2) is 6.10. The quantitative estimate of drug-likeness (QED) is 0.820. The maximum absolute atomic E-state index is 5.18. The lowest BCUT2D eigenvalue weighted by Crippen LogP contribution is -2.18. The summed E-state index contributed by atoms with van der Waals surface area (Å²) in [6.45, 7) is 3.39. The minimum Gasteiger partial charge on any atom is -0.497 e. The van der Waals surface area contributed by atoms with Crippen LogP contribution in [-0.4, -0.2) is 18.6 Å². The van der Waals surface area contributed by atoms with Crippen molar-refractivity contribution in [3.63, 3.8) is 0 Å². The van der Waals surface area contributed by atoms with Crippen molar-refractivity contribution in [2.75, 3.05) is 13.7 Å². The summed E-state index contributed by atoms with van der Waals surface area (Å²) >= 11 is 0. The minimum atomic E-state index is 0.934. The van der Waals surface area contributed by atoms with Crippen LogP contribution in [0.25, 0.3) is 0 Å². The van der Waals surface area contributed by atoms with E-state index in [1.807, 2.05) is 12.1 Å². The third-order valence-electron chi connectivity index (χ3n) is 4.01. The van der Waals surface area contributed by atoms with Crippen molar-refractivity contribution in [3.8, 4) is 5.75 Å². The van der Waals surface area contributed by atoms with Gasteiger partial charge in [-0.15, -0.1) is 0 Å². The lowest BCUT2D eigenvalue weighted by molar-refractivity contribution is 0.280. The average molecular weight is 267 g/mol. The number of rotatable bonds is 5. The van der Waals surface area contributed by atoms with Gasteiger partial charge in [-0.05, 0) is 48.2 Å². The van der Waals surface area contributed by atoms with Gasteiger partial charge < -0.3 is 4.74 Å². The van der Waals surface area contributed by atoms with Crippen molar-refractivity contribution < 1.29 is 4.74 Å². The van der Waals surface area contributed by atoms with E-state index >= 15 is 0 Å². The van der Waals surface area contributed by atoms with E-state index in [9.17, 15) is 0 Å². The summed E-state index contributed by atoms with van der Waals surface area (Å²) in [6.07, 6.45) is 2.34. The molecule has 2 nitrogen and oxygen atoms in total. The van der Waals surface area contributed by atoms with Crippen molar-refractivity contribution in [2.45, 2.75) is 25.9 Å². The molecule has 3 rings (SSSR count). The van der Waals surface area contributed by atoms with Crippen molar-refractivity contribution in [2.24, 2.45) is 0 Å². The Kier molecular flexibility index (Phi) is 4.03. The van der Waals surface area contributed by atoms with Gasteiger partial charge in [0.05, 0.1) is 7.11 Å². The van der Waals surface area contributed by atoms with Crippen LogP contribution in [0.15, 0.2) is 48.5 Å². The van der Waals surface area contributed by atoms with Crippen LogP contribution in [0.1, 0.15) is 23.1 Å². The molecule has 20 heavy (non-hydrogen) atoms. The Morgan fingerprint density at radius 3 is 2.20 bits per heavy atom. The molecule has 2 aromatic carbocycles. The fourth-order valence-electron chi connectivity index (χ4n) is 2.86. The van der Waals surface area contributed by atoms with Crippen LogP contribution in [0.2, 0.25) is 0 Å². The van der Waals surface area contributed by atoms with Crippen LogP contribution in [0.3, 0.4) is 0 Å². The molecule has 0 aromatic heterocycles. The third kappa shape index (κ3) is 3.02. The smallest absolute Gasteiger partial charge is 0.118 e. The highest BCUT2D eigenvalue weighted by Gasteiger charge is 2.17. The fraction of sp³-hybridized carbons (Fsp3) is 0.333. The molecule has 104 valence electrons. The third-order valence-corrected chi connectivity index (χ3v) is 4.01. The van der Waals surface area contributed by atoms with Crippen LogP contribution in [0, 0.1) is 0 Å². The first kappa shape index (κ1) is 13.2. The summed E-state index contributed by atoms with van der Waals surface area (Å²) in [6, 6.07) is 17.2. The number of methoxy groups -OCH3 is 1. The van der Waals surface area contributed by atoms with E-state index in [1.54, 1.807) is 7.11 Å². The molecule has 0 N–H and O–H groups in total. The molecule has 1 heterocycles. The molecule has 0 saturated carbocycles. The predicted octanol–water partition coefficient (Wildman–Crippen LogP) is 3.64. The van der Waals surface area contributed by atoms with E-state index in [0.717, 1.165) is 25.3 Å². The summed E-state index contributed by atoms with van der Waals surface area (Å²) in [7, 11) is 1.71. The second-order valence-corrected chi connectivity index (χ2v) is 5.43. The first-order valence-electron chi connectivity index (χ1n) is 7.27. The molecule has 0 bridgehead atoms. The first-order chi connectivity index (χ1) is 9.85. The Morgan fingerprint density at radius 2 is 1.60 bits per heavy atom. The number of nitrogens with zero attached hydrogens (tertiary/aromatic N) is 1. The van der Waals surface area contributed by atoms with E-state index < -0.39 is 0 Å². The highest BCUT2D eigenvalue weighted by Crippen LogP contribution is 2.22. The SMILES string of the molecule is COc1ccc(CCCN2Cc3ccccc3C2)cc1. The summed E-state index contributed by atoms with van der Waals surface area (Å²) in [5.74, 6) is 0.934. The number of aryl methyl sites for hydroxylation is 1. The molecular weight excluding hydrogens is 246 g/mol. The van der Waals surface area contributed by atoms with Crippen LogP contribution in [-0.2, 0) is 19.5 Å². The monoisotopic (exact) mass is 267 g/mol. The zero-order valence-electron chi connectivity index (χ0n) is 12.0. The lowest BCUT2D eigenvalue weighted by Gasteiger charge is -2.14. The summed E-state index contributed by atoms with van der Waals surface area (Å²) < 4.78 is 5.18. The highest BCUT2D eigenvalue weighted by molar-refractivity contribution is 5.30. The summed E-state index contributed by atoms with van der Waals surface area (Å²) in [5.41, 5.74) is 4.39. The molecule has 2 heteroatoms. The Bertz CT molecular complexity index is 537. The van der Waals surface area contributed by atoms with Crippen LogP contribution in [0.4, 0.5) is 0 Å². The Hall–Kier alpha value is -1.80. The van der Waals surface area contributed by atoms with Gasteiger partial charge in [-0.25, -0.2) is 0 Å². The molecule has 0 fully saturated rings. The molecule has 0 spiro atoms. The van der Waals surface area contributed by atoms with E-state index in [-0.39, 0.29) is 0 Å². The molecule has 2 aromatic rings. The van der Waals surface area contributed by atoms with Gasteiger partial charge in [-0.2, -0.15) is 0 Å². The number of benzene rings is 2. The van der Waals surface area contributed by atoms with E-state index in [4.69, 9.17) is 4.74 Å². The van der Waals surface area contributed by atoms with Gasteiger partial charge in [-0.1, -0.05) is 36.4 Å². The molecule has 0 amide bonds. The Labute approximate surface area is 121 Å². The second-order valence-electron chi connectivity index (χ2n) is 5.43. The van der Waals surface area contributed by atoms with E-state index in [1.165, 1.54) is 29.7 Å². The Morgan fingerprint density at radius 1 is 0.950 bits per heavy atom. The van der Waals surface area contributed by atoms with Crippen LogP contribution < -0.4 is 4.74 Å². The van der Waals surface area contributed by atoms with Crippen molar-refractivity contribution >= 4 is 0 Å². The molecule has 1 aliphatic heterocycles. The lowest BCUT2D eigenvalue weighted by atomic mass is 10.1. The predicted molar refractivity (Wildman–Crippen MR) is 81.9 cm³/mol. The fourth-order valence-corrected chi connectivity index (χ4v) is 2.86. The van der Waals surface area contributed by atoms with Gasteiger partial charge in [0.15, 0.2) is 0 Å². The molecule has 0 unspecified atom stereocenters. The van der Waals surface area contributed by atoms with Crippen molar-refractivity contribution in [3.05, 3.63) is 65.2 Å².